The molecule has 19 heavy (non-hydrogen) atoms. The molecule has 0 bridgehead atoms. The standard InChI is InChI=1S/C18H21N/c1-16(14-18-10-6-3-7-11-18)15-19-13-12-17-8-4-2-5-9-17/h2-11,14,19H,12-13,15H2,1H3. The fourth-order valence-electron chi connectivity index (χ4n) is 2.05. The molecule has 0 aliphatic heterocycles. The molecule has 0 amide bonds. The third-order valence-corrected chi connectivity index (χ3v) is 3.05. The molecule has 0 radical (unpaired) electrons. The largest absolute Gasteiger partial charge is 0.313 e. The molecular formula is C18H21N. The lowest BCUT2D eigenvalue weighted by atomic mass is 10.1. The van der Waals surface area contributed by atoms with Crippen LogP contribution in [0.2, 0.25) is 0 Å². The average Bonchev–Trinajstić information content (AvgIpc) is 2.46. The predicted octanol–water partition coefficient (Wildman–Crippen LogP) is 3.92. The number of rotatable bonds is 6. The average molecular weight is 251 g/mol. The van der Waals surface area contributed by atoms with Gasteiger partial charge < -0.3 is 5.32 Å². The highest BCUT2D eigenvalue weighted by Crippen LogP contribution is 2.05. The molecule has 0 aromatic heterocycles. The van der Waals surface area contributed by atoms with Crippen molar-refractivity contribution in [1.29, 1.82) is 0 Å². The minimum absolute atomic E-state index is 0.946. The molecule has 0 aliphatic rings. The van der Waals surface area contributed by atoms with E-state index in [0.717, 1.165) is 19.5 Å². The van der Waals surface area contributed by atoms with Gasteiger partial charge in [0.1, 0.15) is 0 Å². The van der Waals surface area contributed by atoms with Gasteiger partial charge in [-0.2, -0.15) is 0 Å². The van der Waals surface area contributed by atoms with E-state index >= 15 is 0 Å². The maximum absolute atomic E-state index is 3.49. The van der Waals surface area contributed by atoms with E-state index in [1.54, 1.807) is 0 Å². The van der Waals surface area contributed by atoms with Crippen LogP contribution in [-0.4, -0.2) is 13.1 Å². The molecule has 2 aromatic carbocycles. The van der Waals surface area contributed by atoms with Crippen molar-refractivity contribution in [3.05, 3.63) is 77.4 Å². The van der Waals surface area contributed by atoms with Crippen LogP contribution in [0.25, 0.3) is 6.08 Å². The summed E-state index contributed by atoms with van der Waals surface area (Å²) in [5, 5.41) is 3.49. The predicted molar refractivity (Wildman–Crippen MR) is 83.1 cm³/mol. The Bertz CT molecular complexity index is 500. The van der Waals surface area contributed by atoms with Crippen molar-refractivity contribution in [2.45, 2.75) is 13.3 Å². The number of hydrogen-bond acceptors (Lipinski definition) is 1. The van der Waals surface area contributed by atoms with E-state index in [2.05, 4.69) is 72.9 Å². The molecule has 1 N–H and O–H groups in total. The van der Waals surface area contributed by atoms with Crippen LogP contribution in [0.5, 0.6) is 0 Å². The summed E-state index contributed by atoms with van der Waals surface area (Å²) >= 11 is 0. The van der Waals surface area contributed by atoms with Crippen LogP contribution in [0, 0.1) is 0 Å². The molecule has 0 spiro atoms. The molecular weight excluding hydrogens is 230 g/mol. The van der Waals surface area contributed by atoms with Gasteiger partial charge in [0.15, 0.2) is 0 Å². The van der Waals surface area contributed by atoms with Crippen molar-refractivity contribution < 1.29 is 0 Å². The van der Waals surface area contributed by atoms with E-state index in [4.69, 9.17) is 0 Å². The van der Waals surface area contributed by atoms with Gasteiger partial charge >= 0.3 is 0 Å². The fraction of sp³-hybridized carbons (Fsp3) is 0.222. The normalized spacial score (nSPS) is 11.5. The Morgan fingerprint density at radius 1 is 0.947 bits per heavy atom. The summed E-state index contributed by atoms with van der Waals surface area (Å²) in [4.78, 5) is 0. The minimum Gasteiger partial charge on any atom is -0.313 e. The van der Waals surface area contributed by atoms with Crippen molar-refractivity contribution in [2.75, 3.05) is 13.1 Å². The summed E-state index contributed by atoms with van der Waals surface area (Å²) < 4.78 is 0. The second kappa shape index (κ2) is 7.55. The Morgan fingerprint density at radius 3 is 2.26 bits per heavy atom. The SMILES string of the molecule is CC(=Cc1ccccc1)CNCCc1ccccc1. The maximum atomic E-state index is 3.49. The fourth-order valence-corrected chi connectivity index (χ4v) is 2.05. The van der Waals surface area contributed by atoms with Crippen LogP contribution in [0.3, 0.4) is 0 Å². The van der Waals surface area contributed by atoms with Gasteiger partial charge in [-0.3, -0.25) is 0 Å². The lowest BCUT2D eigenvalue weighted by Crippen LogP contribution is -2.19. The molecule has 0 atom stereocenters. The molecule has 0 saturated heterocycles. The van der Waals surface area contributed by atoms with E-state index in [1.807, 2.05) is 6.07 Å². The summed E-state index contributed by atoms with van der Waals surface area (Å²) in [6.07, 6.45) is 3.31. The second-order valence-corrected chi connectivity index (χ2v) is 4.81. The first kappa shape index (κ1) is 13.6. The lowest BCUT2D eigenvalue weighted by Gasteiger charge is -2.05. The minimum atomic E-state index is 0.946. The second-order valence-electron chi connectivity index (χ2n) is 4.81. The van der Waals surface area contributed by atoms with Crippen LogP contribution < -0.4 is 5.32 Å². The summed E-state index contributed by atoms with van der Waals surface area (Å²) in [5.74, 6) is 0. The van der Waals surface area contributed by atoms with Gasteiger partial charge in [-0.05, 0) is 31.0 Å². The molecule has 0 saturated carbocycles. The number of benzene rings is 2. The maximum Gasteiger partial charge on any atom is 0.0165 e. The monoisotopic (exact) mass is 251 g/mol. The summed E-state index contributed by atoms with van der Waals surface area (Å²) in [5.41, 5.74) is 4.02. The molecule has 98 valence electrons. The highest BCUT2D eigenvalue weighted by molar-refractivity contribution is 5.52. The van der Waals surface area contributed by atoms with Gasteiger partial charge in [0.05, 0.1) is 0 Å². The van der Waals surface area contributed by atoms with Crippen LogP contribution in [0.4, 0.5) is 0 Å². The van der Waals surface area contributed by atoms with Crippen LogP contribution >= 0.6 is 0 Å². The molecule has 0 aliphatic carbocycles. The smallest absolute Gasteiger partial charge is 0.0165 e. The molecule has 1 heteroatoms. The van der Waals surface area contributed by atoms with Crippen LogP contribution in [0.1, 0.15) is 18.1 Å². The van der Waals surface area contributed by atoms with Gasteiger partial charge in [0.2, 0.25) is 0 Å². The Balaban J connectivity index is 1.72. The van der Waals surface area contributed by atoms with Crippen LogP contribution in [0.15, 0.2) is 66.2 Å². The molecule has 1 nitrogen and oxygen atoms in total. The summed E-state index contributed by atoms with van der Waals surface area (Å²) in [7, 11) is 0. The molecule has 2 rings (SSSR count). The van der Waals surface area contributed by atoms with Gasteiger partial charge in [-0.1, -0.05) is 72.3 Å². The first-order chi connectivity index (χ1) is 9.34. The van der Waals surface area contributed by atoms with E-state index < -0.39 is 0 Å². The first-order valence-electron chi connectivity index (χ1n) is 6.81. The topological polar surface area (TPSA) is 12.0 Å². The van der Waals surface area contributed by atoms with Gasteiger partial charge in [0.25, 0.3) is 0 Å². The lowest BCUT2D eigenvalue weighted by molar-refractivity contribution is 0.729. The zero-order valence-electron chi connectivity index (χ0n) is 11.5. The molecule has 2 aromatic rings. The van der Waals surface area contributed by atoms with Crippen molar-refractivity contribution in [2.24, 2.45) is 0 Å². The number of hydrogen-bond donors (Lipinski definition) is 1. The van der Waals surface area contributed by atoms with Gasteiger partial charge in [-0.25, -0.2) is 0 Å². The quantitative estimate of drug-likeness (QED) is 0.767. The summed E-state index contributed by atoms with van der Waals surface area (Å²) in [6.45, 7) is 4.13. The zero-order chi connectivity index (χ0) is 13.3. The Labute approximate surface area is 116 Å². The Kier molecular flexibility index (Phi) is 5.39. The molecule has 0 fully saturated rings. The van der Waals surface area contributed by atoms with Crippen molar-refractivity contribution >= 4 is 6.08 Å². The van der Waals surface area contributed by atoms with E-state index in [-0.39, 0.29) is 0 Å². The van der Waals surface area contributed by atoms with Crippen molar-refractivity contribution in [1.82, 2.24) is 5.32 Å². The first-order valence-corrected chi connectivity index (χ1v) is 6.81. The van der Waals surface area contributed by atoms with E-state index in [0.29, 0.717) is 0 Å². The Hall–Kier alpha value is -1.86. The summed E-state index contributed by atoms with van der Waals surface area (Å²) in [6, 6.07) is 21.0. The third-order valence-electron chi connectivity index (χ3n) is 3.05. The highest BCUT2D eigenvalue weighted by atomic mass is 14.8. The third kappa shape index (κ3) is 5.11. The van der Waals surface area contributed by atoms with E-state index in [9.17, 15) is 0 Å². The molecule has 0 unspecified atom stereocenters. The van der Waals surface area contributed by atoms with Gasteiger partial charge in [0, 0.05) is 6.54 Å². The van der Waals surface area contributed by atoms with Crippen molar-refractivity contribution in [3.63, 3.8) is 0 Å². The van der Waals surface area contributed by atoms with Gasteiger partial charge in [-0.15, -0.1) is 0 Å². The Morgan fingerprint density at radius 2 is 1.58 bits per heavy atom. The highest BCUT2D eigenvalue weighted by Gasteiger charge is 1.93. The van der Waals surface area contributed by atoms with E-state index in [1.165, 1.54) is 16.7 Å². The number of nitrogens with one attached hydrogen (secondary N) is 1. The van der Waals surface area contributed by atoms with Crippen molar-refractivity contribution in [3.8, 4) is 0 Å². The zero-order valence-corrected chi connectivity index (χ0v) is 11.5. The van der Waals surface area contributed by atoms with Crippen LogP contribution in [-0.2, 0) is 6.42 Å². The molecule has 0 heterocycles.